The van der Waals surface area contributed by atoms with E-state index in [9.17, 15) is 5.11 Å². The Bertz CT molecular complexity index is 422. The zero-order valence-electron chi connectivity index (χ0n) is 11.1. The van der Waals surface area contributed by atoms with E-state index in [1.165, 1.54) is 5.69 Å². The Hall–Kier alpha value is -0.580. The highest BCUT2D eigenvalue weighted by molar-refractivity contribution is 9.10. The maximum Gasteiger partial charge on any atom is 0.0762 e. The SMILES string of the molecule is CC1CN(c2ccc([C@H](C)O)cc2Br)C(C)CO1. The van der Waals surface area contributed by atoms with Crippen LogP contribution in [0.2, 0.25) is 0 Å². The normalized spacial score (nSPS) is 26.2. The smallest absolute Gasteiger partial charge is 0.0762 e. The second-order valence-corrected chi connectivity index (χ2v) is 5.89. The topological polar surface area (TPSA) is 32.7 Å². The number of aliphatic hydroxyl groups excluding tert-OH is 1. The average molecular weight is 314 g/mol. The van der Waals surface area contributed by atoms with Gasteiger partial charge in [0.1, 0.15) is 0 Å². The molecule has 1 aromatic rings. The summed E-state index contributed by atoms with van der Waals surface area (Å²) >= 11 is 3.60. The molecule has 1 N–H and O–H groups in total. The Balaban J connectivity index is 2.27. The number of benzene rings is 1. The molecule has 3 nitrogen and oxygen atoms in total. The molecular weight excluding hydrogens is 294 g/mol. The third-order valence-electron chi connectivity index (χ3n) is 3.37. The van der Waals surface area contributed by atoms with Crippen molar-refractivity contribution in [2.45, 2.75) is 39.0 Å². The fourth-order valence-corrected chi connectivity index (χ4v) is 2.88. The number of hydrogen-bond donors (Lipinski definition) is 1. The van der Waals surface area contributed by atoms with E-state index in [4.69, 9.17) is 4.74 Å². The van der Waals surface area contributed by atoms with Gasteiger partial charge >= 0.3 is 0 Å². The standard InChI is InChI=1S/C14H20BrNO2/c1-9-8-18-10(2)7-16(9)14-5-4-12(11(3)17)6-13(14)15/h4-6,9-11,17H,7-8H2,1-3H3/t9?,10?,11-/m0/s1. The monoisotopic (exact) mass is 313 g/mol. The lowest BCUT2D eigenvalue weighted by molar-refractivity contribution is 0.0343. The third kappa shape index (κ3) is 2.87. The molecule has 2 rings (SSSR count). The molecular formula is C14H20BrNO2. The minimum Gasteiger partial charge on any atom is -0.389 e. The molecule has 100 valence electrons. The van der Waals surface area contributed by atoms with Crippen molar-refractivity contribution in [1.82, 2.24) is 0 Å². The highest BCUT2D eigenvalue weighted by Crippen LogP contribution is 2.32. The van der Waals surface area contributed by atoms with Crippen LogP contribution in [0.5, 0.6) is 0 Å². The Kier molecular flexibility index (Phi) is 4.30. The van der Waals surface area contributed by atoms with Gasteiger partial charge in [0.2, 0.25) is 0 Å². The summed E-state index contributed by atoms with van der Waals surface area (Å²) in [6.45, 7) is 7.69. The molecule has 1 aliphatic heterocycles. The number of morpholine rings is 1. The van der Waals surface area contributed by atoms with Crippen molar-refractivity contribution in [3.05, 3.63) is 28.2 Å². The molecule has 18 heavy (non-hydrogen) atoms. The lowest BCUT2D eigenvalue weighted by Crippen LogP contribution is -2.47. The first kappa shape index (κ1) is 13.8. The van der Waals surface area contributed by atoms with Gasteiger partial charge in [0.25, 0.3) is 0 Å². The van der Waals surface area contributed by atoms with Crippen molar-refractivity contribution < 1.29 is 9.84 Å². The summed E-state index contributed by atoms with van der Waals surface area (Å²) in [6.07, 6.45) is -0.180. The zero-order chi connectivity index (χ0) is 13.3. The van der Waals surface area contributed by atoms with Crippen LogP contribution in [0.15, 0.2) is 22.7 Å². The van der Waals surface area contributed by atoms with E-state index in [2.05, 4.69) is 40.7 Å². The van der Waals surface area contributed by atoms with Gasteiger partial charge in [0.05, 0.1) is 24.5 Å². The molecule has 1 aromatic carbocycles. The molecule has 0 radical (unpaired) electrons. The van der Waals surface area contributed by atoms with Gasteiger partial charge in [0, 0.05) is 17.1 Å². The number of hydrogen-bond acceptors (Lipinski definition) is 3. The molecule has 0 saturated carbocycles. The van der Waals surface area contributed by atoms with Crippen LogP contribution < -0.4 is 4.90 Å². The number of anilines is 1. The van der Waals surface area contributed by atoms with Crippen LogP contribution in [0, 0.1) is 0 Å². The lowest BCUT2D eigenvalue weighted by Gasteiger charge is -2.39. The summed E-state index contributed by atoms with van der Waals surface area (Å²) in [5.74, 6) is 0. The molecule has 0 spiro atoms. The van der Waals surface area contributed by atoms with Crippen LogP contribution in [0.3, 0.4) is 0 Å². The molecule has 4 heteroatoms. The average Bonchev–Trinajstić information content (AvgIpc) is 2.32. The van der Waals surface area contributed by atoms with E-state index in [-0.39, 0.29) is 6.10 Å². The molecule has 0 aliphatic carbocycles. The van der Waals surface area contributed by atoms with E-state index in [1.54, 1.807) is 6.92 Å². The number of ether oxygens (including phenoxy) is 1. The summed E-state index contributed by atoms with van der Waals surface area (Å²) in [7, 11) is 0. The van der Waals surface area contributed by atoms with E-state index in [1.807, 2.05) is 12.1 Å². The minimum absolute atomic E-state index is 0.254. The van der Waals surface area contributed by atoms with Crippen molar-refractivity contribution in [1.29, 1.82) is 0 Å². The Morgan fingerprint density at radius 3 is 2.78 bits per heavy atom. The second kappa shape index (κ2) is 5.59. The van der Waals surface area contributed by atoms with Gasteiger partial charge in [0.15, 0.2) is 0 Å². The highest BCUT2D eigenvalue weighted by Gasteiger charge is 2.25. The largest absolute Gasteiger partial charge is 0.389 e. The van der Waals surface area contributed by atoms with Gasteiger partial charge in [-0.2, -0.15) is 0 Å². The molecule has 0 bridgehead atoms. The molecule has 0 amide bonds. The van der Waals surface area contributed by atoms with Crippen LogP contribution in [-0.4, -0.2) is 30.4 Å². The van der Waals surface area contributed by atoms with Crippen molar-refractivity contribution >= 4 is 21.6 Å². The third-order valence-corrected chi connectivity index (χ3v) is 4.01. The summed E-state index contributed by atoms with van der Waals surface area (Å²) in [6, 6.07) is 6.42. The number of nitrogens with zero attached hydrogens (tertiary/aromatic N) is 1. The van der Waals surface area contributed by atoms with Crippen LogP contribution in [-0.2, 0) is 4.74 Å². The maximum atomic E-state index is 9.59. The Labute approximate surface area is 117 Å². The molecule has 0 aromatic heterocycles. The van der Waals surface area contributed by atoms with Crippen molar-refractivity contribution in [2.24, 2.45) is 0 Å². The fraction of sp³-hybridized carbons (Fsp3) is 0.571. The molecule has 1 saturated heterocycles. The van der Waals surface area contributed by atoms with Crippen molar-refractivity contribution in [2.75, 3.05) is 18.1 Å². The number of halogens is 1. The first-order valence-electron chi connectivity index (χ1n) is 6.34. The van der Waals surface area contributed by atoms with Gasteiger partial charge < -0.3 is 14.7 Å². The first-order valence-corrected chi connectivity index (χ1v) is 7.14. The Morgan fingerprint density at radius 2 is 2.17 bits per heavy atom. The van der Waals surface area contributed by atoms with Crippen LogP contribution in [0.4, 0.5) is 5.69 Å². The highest BCUT2D eigenvalue weighted by atomic mass is 79.9. The molecule has 1 heterocycles. The minimum atomic E-state index is -0.434. The number of aliphatic hydroxyl groups is 1. The van der Waals surface area contributed by atoms with Gasteiger partial charge in [-0.3, -0.25) is 0 Å². The molecule has 1 fully saturated rings. The quantitative estimate of drug-likeness (QED) is 0.910. The maximum absolute atomic E-state index is 9.59. The Morgan fingerprint density at radius 1 is 1.44 bits per heavy atom. The van der Waals surface area contributed by atoms with Crippen LogP contribution in [0.25, 0.3) is 0 Å². The molecule has 2 unspecified atom stereocenters. The van der Waals surface area contributed by atoms with Gasteiger partial charge in [-0.15, -0.1) is 0 Å². The lowest BCUT2D eigenvalue weighted by atomic mass is 10.1. The summed E-state index contributed by atoms with van der Waals surface area (Å²) < 4.78 is 6.68. The van der Waals surface area contributed by atoms with E-state index in [0.717, 1.165) is 23.2 Å². The summed E-state index contributed by atoms with van der Waals surface area (Å²) in [5, 5.41) is 9.59. The van der Waals surface area contributed by atoms with Gasteiger partial charge in [-0.1, -0.05) is 6.07 Å². The number of rotatable bonds is 2. The fourth-order valence-electron chi connectivity index (χ4n) is 2.25. The zero-order valence-corrected chi connectivity index (χ0v) is 12.6. The van der Waals surface area contributed by atoms with E-state index in [0.29, 0.717) is 6.04 Å². The van der Waals surface area contributed by atoms with Crippen molar-refractivity contribution in [3.63, 3.8) is 0 Å². The van der Waals surface area contributed by atoms with Crippen LogP contribution >= 0.6 is 15.9 Å². The first-order chi connectivity index (χ1) is 8.49. The predicted molar refractivity (Wildman–Crippen MR) is 77.0 cm³/mol. The van der Waals surface area contributed by atoms with Crippen LogP contribution in [0.1, 0.15) is 32.4 Å². The predicted octanol–water partition coefficient (Wildman–Crippen LogP) is 3.12. The van der Waals surface area contributed by atoms with Gasteiger partial charge in [-0.05, 0) is 54.4 Å². The van der Waals surface area contributed by atoms with Crippen molar-refractivity contribution in [3.8, 4) is 0 Å². The second-order valence-electron chi connectivity index (χ2n) is 5.03. The molecule has 1 aliphatic rings. The van der Waals surface area contributed by atoms with Gasteiger partial charge in [-0.25, -0.2) is 0 Å². The summed E-state index contributed by atoms with van der Waals surface area (Å²) in [5.41, 5.74) is 2.10. The summed E-state index contributed by atoms with van der Waals surface area (Å²) in [4.78, 5) is 2.35. The van der Waals surface area contributed by atoms with E-state index >= 15 is 0 Å². The van der Waals surface area contributed by atoms with E-state index < -0.39 is 6.10 Å². The molecule has 3 atom stereocenters.